The van der Waals surface area contributed by atoms with Crippen LogP contribution >= 0.6 is 0 Å². The molecule has 0 amide bonds. The van der Waals surface area contributed by atoms with Crippen molar-refractivity contribution in [2.45, 2.75) is 22.9 Å². The van der Waals surface area contributed by atoms with Gasteiger partial charge >= 0.3 is 6.18 Å². The van der Waals surface area contributed by atoms with Crippen LogP contribution in [-0.2, 0) is 26.2 Å². The quantitative estimate of drug-likeness (QED) is 0.490. The van der Waals surface area contributed by atoms with Gasteiger partial charge in [0.1, 0.15) is 5.82 Å². The third kappa shape index (κ3) is 5.19. The molecule has 3 aromatic rings. The van der Waals surface area contributed by atoms with Crippen molar-refractivity contribution in [3.05, 3.63) is 83.7 Å². The average Bonchev–Trinajstić information content (AvgIpc) is 2.70. The highest BCUT2D eigenvalue weighted by molar-refractivity contribution is 7.93. The highest BCUT2D eigenvalue weighted by Gasteiger charge is 2.37. The maximum absolute atomic E-state index is 13.2. The lowest BCUT2D eigenvalue weighted by Gasteiger charge is -2.16. The molecule has 170 valence electrons. The molecule has 3 rings (SSSR count). The van der Waals surface area contributed by atoms with Gasteiger partial charge in [-0.15, -0.1) is 0 Å². The molecule has 0 heterocycles. The molecule has 0 spiro atoms. The Labute approximate surface area is 182 Å². The Morgan fingerprint density at radius 3 is 1.88 bits per heavy atom. The van der Waals surface area contributed by atoms with Gasteiger partial charge in [-0.05, 0) is 61.0 Å². The van der Waals surface area contributed by atoms with Crippen molar-refractivity contribution in [3.8, 4) is 0 Å². The fourth-order valence-electron chi connectivity index (χ4n) is 2.83. The first-order chi connectivity index (χ1) is 14.8. The topological polar surface area (TPSA) is 92.3 Å². The summed E-state index contributed by atoms with van der Waals surface area (Å²) in [5, 5.41) is 0. The molecule has 0 radical (unpaired) electrons. The number of alkyl halides is 3. The van der Waals surface area contributed by atoms with E-state index in [1.165, 1.54) is 31.2 Å². The second-order valence-corrected chi connectivity index (χ2v) is 9.99. The maximum Gasteiger partial charge on any atom is 0.417 e. The molecule has 0 fully saturated rings. The van der Waals surface area contributed by atoms with E-state index < -0.39 is 42.5 Å². The van der Waals surface area contributed by atoms with Crippen LogP contribution in [0, 0.1) is 12.7 Å². The molecular weight excluding hydrogens is 472 g/mol. The minimum atomic E-state index is -4.91. The number of aryl methyl sites for hydroxylation is 1. The summed E-state index contributed by atoms with van der Waals surface area (Å²) in [6, 6.07) is 11.6. The third-order valence-electron chi connectivity index (χ3n) is 4.31. The molecule has 2 N–H and O–H groups in total. The zero-order valence-electron chi connectivity index (χ0n) is 16.3. The van der Waals surface area contributed by atoms with E-state index in [1.54, 1.807) is 0 Å². The number of hydrogen-bond donors (Lipinski definition) is 2. The zero-order valence-corrected chi connectivity index (χ0v) is 17.9. The number of halogens is 4. The molecule has 0 saturated heterocycles. The fourth-order valence-corrected chi connectivity index (χ4v) is 5.44. The van der Waals surface area contributed by atoms with Crippen LogP contribution in [-0.4, -0.2) is 16.8 Å². The normalized spacial score (nSPS) is 12.4. The van der Waals surface area contributed by atoms with E-state index in [-0.39, 0.29) is 21.8 Å². The maximum atomic E-state index is 13.2. The van der Waals surface area contributed by atoms with Crippen LogP contribution in [0.3, 0.4) is 0 Å². The number of anilines is 2. The number of rotatable bonds is 6. The fraction of sp³-hybridized carbons (Fsp3) is 0.100. The molecule has 0 aliphatic carbocycles. The summed E-state index contributed by atoms with van der Waals surface area (Å²) < 4.78 is 108. The van der Waals surface area contributed by atoms with Gasteiger partial charge < -0.3 is 0 Å². The minimum absolute atomic E-state index is 0.0656. The first kappa shape index (κ1) is 23.5. The Morgan fingerprint density at radius 1 is 0.719 bits per heavy atom. The standard InChI is InChI=1S/C20H16F4N2O4S2/c1-13-6-9-16(12-19(13)32(29,30)25-15-10-7-14(21)8-11-15)26-31(27,28)18-5-3-2-4-17(18)20(22,23)24/h2-12,25-26H,1H3. The van der Waals surface area contributed by atoms with E-state index in [0.717, 1.165) is 36.4 Å². The molecule has 0 aromatic heterocycles. The molecular formula is C20H16F4N2O4S2. The Hall–Kier alpha value is -3.12. The van der Waals surface area contributed by atoms with Gasteiger partial charge in [-0.1, -0.05) is 18.2 Å². The Kier molecular flexibility index (Phi) is 6.20. The molecule has 0 aliphatic heterocycles. The number of nitrogens with one attached hydrogen (secondary N) is 2. The van der Waals surface area contributed by atoms with Crippen molar-refractivity contribution >= 4 is 31.4 Å². The summed E-state index contributed by atoms with van der Waals surface area (Å²) in [6.45, 7) is 1.45. The van der Waals surface area contributed by atoms with Crippen LogP contribution in [0.4, 0.5) is 28.9 Å². The highest BCUT2D eigenvalue weighted by atomic mass is 32.2. The first-order valence-electron chi connectivity index (χ1n) is 8.88. The summed E-state index contributed by atoms with van der Waals surface area (Å²) in [5.41, 5.74) is -1.30. The molecule has 12 heteroatoms. The summed E-state index contributed by atoms with van der Waals surface area (Å²) in [7, 11) is -8.91. The predicted molar refractivity (Wildman–Crippen MR) is 111 cm³/mol. The van der Waals surface area contributed by atoms with Gasteiger partial charge in [0, 0.05) is 5.69 Å². The summed E-state index contributed by atoms with van der Waals surface area (Å²) in [6.07, 6.45) is -4.91. The van der Waals surface area contributed by atoms with Crippen LogP contribution < -0.4 is 9.44 Å². The number of sulfonamides is 2. The van der Waals surface area contributed by atoms with Crippen molar-refractivity contribution < 1.29 is 34.4 Å². The highest BCUT2D eigenvalue weighted by Crippen LogP contribution is 2.35. The van der Waals surface area contributed by atoms with E-state index in [4.69, 9.17) is 0 Å². The second kappa shape index (κ2) is 8.43. The van der Waals surface area contributed by atoms with E-state index >= 15 is 0 Å². The Bertz CT molecular complexity index is 1360. The van der Waals surface area contributed by atoms with Crippen LogP contribution in [0.1, 0.15) is 11.1 Å². The molecule has 0 saturated carbocycles. The van der Waals surface area contributed by atoms with Crippen LogP contribution in [0.2, 0.25) is 0 Å². The average molecular weight is 488 g/mol. The first-order valence-corrected chi connectivity index (χ1v) is 11.8. The largest absolute Gasteiger partial charge is 0.417 e. The lowest BCUT2D eigenvalue weighted by atomic mass is 10.2. The van der Waals surface area contributed by atoms with Crippen molar-refractivity contribution in [2.75, 3.05) is 9.44 Å². The van der Waals surface area contributed by atoms with E-state index in [9.17, 15) is 34.4 Å². The zero-order chi connectivity index (χ0) is 23.7. The second-order valence-electron chi connectivity index (χ2n) is 6.69. The smallest absolute Gasteiger partial charge is 0.280 e. The lowest BCUT2D eigenvalue weighted by molar-refractivity contribution is -0.139. The lowest BCUT2D eigenvalue weighted by Crippen LogP contribution is -2.19. The molecule has 0 aliphatic rings. The van der Waals surface area contributed by atoms with Gasteiger partial charge in [0.25, 0.3) is 20.0 Å². The van der Waals surface area contributed by atoms with Crippen LogP contribution in [0.25, 0.3) is 0 Å². The van der Waals surface area contributed by atoms with Crippen molar-refractivity contribution in [3.63, 3.8) is 0 Å². The summed E-state index contributed by atoms with van der Waals surface area (Å²) >= 11 is 0. The van der Waals surface area contributed by atoms with Crippen molar-refractivity contribution in [1.82, 2.24) is 0 Å². The predicted octanol–water partition coefficient (Wildman–Crippen LogP) is 4.75. The van der Waals surface area contributed by atoms with E-state index in [0.29, 0.717) is 6.07 Å². The Morgan fingerprint density at radius 2 is 1.25 bits per heavy atom. The number of hydrogen-bond acceptors (Lipinski definition) is 4. The van der Waals surface area contributed by atoms with Crippen LogP contribution in [0.5, 0.6) is 0 Å². The van der Waals surface area contributed by atoms with E-state index in [1.807, 2.05) is 4.72 Å². The molecule has 0 atom stereocenters. The van der Waals surface area contributed by atoms with Gasteiger partial charge in [-0.3, -0.25) is 9.44 Å². The van der Waals surface area contributed by atoms with Gasteiger partial charge in [-0.25, -0.2) is 21.2 Å². The minimum Gasteiger partial charge on any atom is -0.280 e. The van der Waals surface area contributed by atoms with E-state index in [2.05, 4.69) is 4.72 Å². The van der Waals surface area contributed by atoms with Gasteiger partial charge in [0.05, 0.1) is 21.0 Å². The van der Waals surface area contributed by atoms with Gasteiger partial charge in [-0.2, -0.15) is 13.2 Å². The number of benzene rings is 3. The summed E-state index contributed by atoms with van der Waals surface area (Å²) in [5.74, 6) is -0.570. The van der Waals surface area contributed by atoms with Gasteiger partial charge in [0.15, 0.2) is 0 Å². The van der Waals surface area contributed by atoms with Crippen molar-refractivity contribution in [2.24, 2.45) is 0 Å². The Balaban J connectivity index is 1.97. The van der Waals surface area contributed by atoms with Crippen molar-refractivity contribution in [1.29, 1.82) is 0 Å². The summed E-state index contributed by atoms with van der Waals surface area (Å²) in [4.78, 5) is -1.31. The molecule has 6 nitrogen and oxygen atoms in total. The molecule has 0 bridgehead atoms. The molecule has 32 heavy (non-hydrogen) atoms. The molecule has 0 unspecified atom stereocenters. The van der Waals surface area contributed by atoms with Gasteiger partial charge in [0.2, 0.25) is 0 Å². The third-order valence-corrected chi connectivity index (χ3v) is 7.27. The van der Waals surface area contributed by atoms with Crippen LogP contribution in [0.15, 0.2) is 76.5 Å². The SMILES string of the molecule is Cc1ccc(NS(=O)(=O)c2ccccc2C(F)(F)F)cc1S(=O)(=O)Nc1ccc(F)cc1. The monoisotopic (exact) mass is 488 g/mol. The molecule has 3 aromatic carbocycles.